The van der Waals surface area contributed by atoms with Crippen molar-refractivity contribution in [3.63, 3.8) is 0 Å². The number of ether oxygens (including phenoxy) is 1. The fraction of sp³-hybridized carbons (Fsp3) is 0.476. The van der Waals surface area contributed by atoms with Crippen LogP contribution in [-0.4, -0.2) is 53.4 Å². The highest BCUT2D eigenvalue weighted by atomic mass is 16.5. The van der Waals surface area contributed by atoms with Crippen molar-refractivity contribution < 1.29 is 14.9 Å². The lowest BCUT2D eigenvalue weighted by molar-refractivity contribution is -0.0444. The van der Waals surface area contributed by atoms with Gasteiger partial charge >= 0.3 is 0 Å². The molecule has 5 atom stereocenters. The van der Waals surface area contributed by atoms with Crippen molar-refractivity contribution in [3.8, 4) is 5.75 Å². The van der Waals surface area contributed by atoms with Gasteiger partial charge in [-0.2, -0.15) is 0 Å². The number of hydrogen-bond acceptors (Lipinski definition) is 5. The minimum atomic E-state index is -0.504. The van der Waals surface area contributed by atoms with Gasteiger partial charge in [0, 0.05) is 31.3 Å². The van der Waals surface area contributed by atoms with Crippen LogP contribution in [0.15, 0.2) is 43.1 Å². The third-order valence-electron chi connectivity index (χ3n) is 5.82. The Kier molecular flexibility index (Phi) is 5.91. The van der Waals surface area contributed by atoms with E-state index >= 15 is 0 Å². The van der Waals surface area contributed by atoms with Crippen LogP contribution in [0, 0.1) is 11.8 Å². The number of nitrogens with zero attached hydrogens (tertiary/aromatic N) is 2. The molecule has 3 fully saturated rings. The fourth-order valence-corrected chi connectivity index (χ4v) is 4.44. The van der Waals surface area contributed by atoms with Crippen LogP contribution >= 0.6 is 0 Å². The van der Waals surface area contributed by atoms with Crippen LogP contribution in [-0.2, 0) is 0 Å². The number of piperidine rings is 3. The van der Waals surface area contributed by atoms with E-state index in [1.807, 2.05) is 24.3 Å². The van der Waals surface area contributed by atoms with E-state index in [1.54, 1.807) is 13.3 Å². The molecule has 2 bridgehead atoms. The second-order valence-electron chi connectivity index (χ2n) is 6.97. The molecular formula is C21H28N2O3. The number of benzene rings is 1. The summed E-state index contributed by atoms with van der Waals surface area (Å²) >= 11 is 0. The Morgan fingerprint density at radius 3 is 2.81 bits per heavy atom. The zero-order chi connectivity index (χ0) is 18.7. The quantitative estimate of drug-likeness (QED) is 0.825. The standard InChI is InChI=1S/C20H24N2O2.CH4O/c1-3-13-12-22-9-7-14(13)10-19(22)20(23)16-6-8-21-18-5-4-15(24-2)11-17(16)18;1-2/h3-6,8,11,13-14,19-20,23H,1,7,9-10,12H2,2H3;2H,1H3/t13-,14-,19+,20-;/m1./s1. The number of hydrogen-bond donors (Lipinski definition) is 2. The van der Waals surface area contributed by atoms with Gasteiger partial charge in [0.1, 0.15) is 5.75 Å². The first-order valence-electron chi connectivity index (χ1n) is 9.13. The second-order valence-corrected chi connectivity index (χ2v) is 6.97. The van der Waals surface area contributed by atoms with Crippen LogP contribution in [0.1, 0.15) is 24.5 Å². The molecule has 0 radical (unpaired) electrons. The summed E-state index contributed by atoms with van der Waals surface area (Å²) in [6, 6.07) is 7.96. The first kappa shape index (κ1) is 18.8. The van der Waals surface area contributed by atoms with Gasteiger partial charge in [0.25, 0.3) is 0 Å². The number of methoxy groups -OCH3 is 1. The van der Waals surface area contributed by atoms with Crippen molar-refractivity contribution in [2.45, 2.75) is 25.0 Å². The molecule has 1 aromatic heterocycles. The zero-order valence-corrected chi connectivity index (χ0v) is 15.5. The average molecular weight is 356 g/mol. The van der Waals surface area contributed by atoms with Gasteiger partial charge in [-0.05, 0) is 61.1 Å². The molecule has 0 amide bonds. The van der Waals surface area contributed by atoms with Crippen LogP contribution in [0.3, 0.4) is 0 Å². The van der Waals surface area contributed by atoms with E-state index in [0.29, 0.717) is 11.8 Å². The molecule has 0 spiro atoms. The molecule has 2 N–H and O–H groups in total. The summed E-state index contributed by atoms with van der Waals surface area (Å²) in [6.45, 7) is 6.07. The number of fused-ring (bicyclic) bond motifs is 4. The largest absolute Gasteiger partial charge is 0.497 e. The summed E-state index contributed by atoms with van der Waals surface area (Å²) < 4.78 is 5.35. The lowest BCUT2D eigenvalue weighted by Gasteiger charge is -2.50. The first-order valence-corrected chi connectivity index (χ1v) is 9.13. The summed E-state index contributed by atoms with van der Waals surface area (Å²) in [5.41, 5.74) is 1.85. The molecular weight excluding hydrogens is 328 g/mol. The monoisotopic (exact) mass is 356 g/mol. The third kappa shape index (κ3) is 3.34. The number of rotatable bonds is 4. The third-order valence-corrected chi connectivity index (χ3v) is 5.82. The van der Waals surface area contributed by atoms with E-state index in [9.17, 15) is 5.11 Å². The van der Waals surface area contributed by atoms with E-state index in [4.69, 9.17) is 9.84 Å². The lowest BCUT2D eigenvalue weighted by Crippen LogP contribution is -2.54. The highest BCUT2D eigenvalue weighted by molar-refractivity contribution is 5.83. The normalized spacial score (nSPS) is 28.2. The number of aliphatic hydroxyl groups excluding tert-OH is 2. The van der Waals surface area contributed by atoms with E-state index in [0.717, 1.165) is 48.8 Å². The molecule has 4 heterocycles. The van der Waals surface area contributed by atoms with Crippen molar-refractivity contribution in [1.82, 2.24) is 9.88 Å². The van der Waals surface area contributed by atoms with Crippen LogP contribution in [0.4, 0.5) is 0 Å². The molecule has 140 valence electrons. The molecule has 0 saturated carbocycles. The minimum Gasteiger partial charge on any atom is -0.497 e. The Bertz CT molecular complexity index is 764. The SMILES string of the molecule is C=C[C@@H]1CN2CC[C@@H]1C[C@H]2[C@H](O)c1ccnc2ccc(OC)cc12.CO. The maximum Gasteiger partial charge on any atom is 0.119 e. The second kappa shape index (κ2) is 8.16. The molecule has 5 heteroatoms. The number of aliphatic hydroxyl groups is 2. The van der Waals surface area contributed by atoms with Gasteiger partial charge in [0.05, 0.1) is 18.7 Å². The van der Waals surface area contributed by atoms with E-state index in [2.05, 4.69) is 22.5 Å². The molecule has 26 heavy (non-hydrogen) atoms. The zero-order valence-electron chi connectivity index (χ0n) is 15.5. The van der Waals surface area contributed by atoms with E-state index < -0.39 is 6.10 Å². The van der Waals surface area contributed by atoms with Gasteiger partial charge < -0.3 is 14.9 Å². The van der Waals surface area contributed by atoms with Crippen molar-refractivity contribution in [2.24, 2.45) is 11.8 Å². The summed E-state index contributed by atoms with van der Waals surface area (Å²) in [4.78, 5) is 6.86. The first-order chi connectivity index (χ1) is 12.7. The van der Waals surface area contributed by atoms with Crippen LogP contribution < -0.4 is 4.74 Å². The van der Waals surface area contributed by atoms with Crippen LogP contribution in [0.5, 0.6) is 5.75 Å². The van der Waals surface area contributed by atoms with Gasteiger partial charge in [0.2, 0.25) is 0 Å². The van der Waals surface area contributed by atoms with Gasteiger partial charge in [-0.25, -0.2) is 0 Å². The molecule has 1 unspecified atom stereocenters. The Balaban J connectivity index is 0.000000948. The molecule has 3 aliphatic heterocycles. The molecule has 3 saturated heterocycles. The molecule has 5 nitrogen and oxygen atoms in total. The van der Waals surface area contributed by atoms with E-state index in [-0.39, 0.29) is 6.04 Å². The average Bonchev–Trinajstić information content (AvgIpc) is 2.73. The Hall–Kier alpha value is -1.95. The topological polar surface area (TPSA) is 65.8 Å². The lowest BCUT2D eigenvalue weighted by atomic mass is 9.73. The molecule has 1 aromatic carbocycles. The van der Waals surface area contributed by atoms with E-state index in [1.165, 1.54) is 6.42 Å². The Morgan fingerprint density at radius 1 is 1.35 bits per heavy atom. The molecule has 3 aliphatic rings. The Morgan fingerprint density at radius 2 is 2.15 bits per heavy atom. The summed E-state index contributed by atoms with van der Waals surface area (Å²) in [7, 11) is 2.66. The summed E-state index contributed by atoms with van der Waals surface area (Å²) in [5, 5.41) is 19.1. The van der Waals surface area contributed by atoms with Crippen LogP contribution in [0.25, 0.3) is 10.9 Å². The summed E-state index contributed by atoms with van der Waals surface area (Å²) in [6.07, 6.45) is 5.62. The predicted octanol–water partition coefficient (Wildman–Crippen LogP) is 2.78. The van der Waals surface area contributed by atoms with Crippen LogP contribution in [0.2, 0.25) is 0 Å². The molecule has 2 aromatic rings. The number of aromatic nitrogens is 1. The van der Waals surface area contributed by atoms with Gasteiger partial charge in [-0.3, -0.25) is 9.88 Å². The van der Waals surface area contributed by atoms with Gasteiger partial charge in [-0.15, -0.1) is 6.58 Å². The highest BCUT2D eigenvalue weighted by Gasteiger charge is 2.42. The van der Waals surface area contributed by atoms with Gasteiger partial charge in [-0.1, -0.05) is 6.08 Å². The highest BCUT2D eigenvalue weighted by Crippen LogP contribution is 2.42. The minimum absolute atomic E-state index is 0.178. The number of pyridine rings is 1. The predicted molar refractivity (Wildman–Crippen MR) is 103 cm³/mol. The van der Waals surface area contributed by atoms with Gasteiger partial charge in [0.15, 0.2) is 0 Å². The summed E-state index contributed by atoms with van der Waals surface area (Å²) in [5.74, 6) is 2.01. The molecule has 0 aliphatic carbocycles. The fourth-order valence-electron chi connectivity index (χ4n) is 4.44. The molecule has 5 rings (SSSR count). The smallest absolute Gasteiger partial charge is 0.119 e. The van der Waals surface area contributed by atoms with Crippen molar-refractivity contribution in [1.29, 1.82) is 0 Å². The maximum atomic E-state index is 11.2. The maximum absolute atomic E-state index is 11.2. The van der Waals surface area contributed by atoms with Crippen molar-refractivity contribution >= 4 is 10.9 Å². The Labute approximate surface area is 154 Å². The van der Waals surface area contributed by atoms with Crippen molar-refractivity contribution in [3.05, 3.63) is 48.7 Å². The van der Waals surface area contributed by atoms with Crippen molar-refractivity contribution in [2.75, 3.05) is 27.3 Å².